The molecule has 0 unspecified atom stereocenters. The standard InChI is InChI=1S/C27H21OS2.C7H8O3S/c1-18-7-11-20(12-8-18)30(21-13-9-19(2)10-14-21)22-15-16-26-24(17-22)27(29)23-5-3-4-6-25(23)28-26;1-6-2-4-7(5-3-6)11(8,9)10/h3-17H,1-2H3;2-5H,1H3,(H,8,9,10)/q+1;/p-1. The zero-order valence-corrected chi connectivity index (χ0v) is 25.3. The van der Waals surface area contributed by atoms with Crippen LogP contribution in [0.25, 0.3) is 21.9 Å². The van der Waals surface area contributed by atoms with Crippen molar-refractivity contribution in [1.29, 1.82) is 0 Å². The first-order valence-corrected chi connectivity index (χ1v) is 16.0. The van der Waals surface area contributed by atoms with Gasteiger partial charge in [0.2, 0.25) is 0 Å². The Labute approximate surface area is 248 Å². The van der Waals surface area contributed by atoms with Crippen LogP contribution in [-0.2, 0) is 21.0 Å². The number of benzene rings is 5. The van der Waals surface area contributed by atoms with Gasteiger partial charge in [0.25, 0.3) is 0 Å². The molecule has 0 atom stereocenters. The van der Waals surface area contributed by atoms with E-state index in [1.807, 2.05) is 31.2 Å². The summed E-state index contributed by atoms with van der Waals surface area (Å²) in [6.07, 6.45) is 0. The van der Waals surface area contributed by atoms with Gasteiger partial charge >= 0.3 is 0 Å². The minimum atomic E-state index is -4.27. The average Bonchev–Trinajstić information content (AvgIpc) is 2.96. The first-order valence-electron chi connectivity index (χ1n) is 13.0. The number of para-hydroxylation sites is 1. The van der Waals surface area contributed by atoms with E-state index in [0.717, 1.165) is 32.0 Å². The van der Waals surface area contributed by atoms with Crippen LogP contribution in [-0.4, -0.2) is 13.0 Å². The zero-order chi connectivity index (χ0) is 29.1. The normalized spacial score (nSPS) is 11.4. The summed E-state index contributed by atoms with van der Waals surface area (Å²) in [6, 6.07) is 37.9. The summed E-state index contributed by atoms with van der Waals surface area (Å²) in [6.45, 7) is 6.07. The molecule has 0 aliphatic heterocycles. The molecule has 5 aromatic carbocycles. The van der Waals surface area contributed by atoms with E-state index in [-0.39, 0.29) is 15.8 Å². The highest BCUT2D eigenvalue weighted by Gasteiger charge is 2.29. The Bertz CT molecular complexity index is 1950. The Balaban J connectivity index is 0.000000259. The van der Waals surface area contributed by atoms with Crippen LogP contribution in [0.3, 0.4) is 0 Å². The Kier molecular flexibility index (Phi) is 8.42. The first-order chi connectivity index (χ1) is 19.6. The lowest BCUT2D eigenvalue weighted by molar-refractivity contribution is 0.463. The molecule has 0 radical (unpaired) electrons. The lowest BCUT2D eigenvalue weighted by Crippen LogP contribution is -2.05. The molecule has 6 rings (SSSR count). The van der Waals surface area contributed by atoms with Gasteiger partial charge in [-0.05, 0) is 81.4 Å². The van der Waals surface area contributed by atoms with Gasteiger partial charge in [0.1, 0.15) is 21.3 Å². The van der Waals surface area contributed by atoms with Gasteiger partial charge in [0.15, 0.2) is 14.7 Å². The molecule has 0 spiro atoms. The van der Waals surface area contributed by atoms with Gasteiger partial charge in [-0.15, -0.1) is 0 Å². The van der Waals surface area contributed by atoms with Crippen molar-refractivity contribution in [3.05, 3.63) is 136 Å². The molecular weight excluding hydrogens is 569 g/mol. The molecule has 1 aromatic heterocycles. The number of hydrogen-bond acceptors (Lipinski definition) is 5. The summed E-state index contributed by atoms with van der Waals surface area (Å²) in [7, 11) is -4.49. The van der Waals surface area contributed by atoms with Crippen LogP contribution >= 0.6 is 12.2 Å². The Morgan fingerprint density at radius 3 is 1.61 bits per heavy atom. The van der Waals surface area contributed by atoms with Gasteiger partial charge in [-0.2, -0.15) is 0 Å². The molecule has 0 saturated heterocycles. The Morgan fingerprint density at radius 2 is 1.07 bits per heavy atom. The molecule has 0 N–H and O–H groups in total. The lowest BCUT2D eigenvalue weighted by atomic mass is 10.1. The summed E-state index contributed by atoms with van der Waals surface area (Å²) >= 11 is 5.85. The maximum atomic E-state index is 10.4. The molecule has 0 bridgehead atoms. The van der Waals surface area contributed by atoms with E-state index in [9.17, 15) is 13.0 Å². The van der Waals surface area contributed by atoms with Crippen molar-refractivity contribution in [2.45, 2.75) is 40.4 Å². The summed E-state index contributed by atoms with van der Waals surface area (Å²) in [5.41, 5.74) is 5.13. The van der Waals surface area contributed by atoms with E-state index in [2.05, 4.69) is 80.6 Å². The molecular formula is C34H28O4S3. The van der Waals surface area contributed by atoms with Crippen LogP contribution in [0.15, 0.2) is 139 Å². The fourth-order valence-corrected chi connectivity index (χ4v) is 7.24. The van der Waals surface area contributed by atoms with Crippen LogP contribution in [0.4, 0.5) is 0 Å². The van der Waals surface area contributed by atoms with Crippen LogP contribution in [0, 0.1) is 25.3 Å². The molecule has 6 aromatic rings. The third-order valence-electron chi connectivity index (χ3n) is 6.61. The number of fused-ring (bicyclic) bond motifs is 2. The molecule has 0 aliphatic carbocycles. The predicted molar refractivity (Wildman–Crippen MR) is 168 cm³/mol. The second-order valence-corrected chi connectivity index (χ2v) is 13.6. The molecule has 7 heteroatoms. The van der Waals surface area contributed by atoms with Crippen molar-refractivity contribution < 1.29 is 17.4 Å². The SMILES string of the molecule is Cc1ccc(S(=O)(=O)[O-])cc1.Cc1ccc([S+](c2ccc(C)cc2)c2ccc3oc4ccccc4c(=S)c3c2)cc1. The highest BCUT2D eigenvalue weighted by molar-refractivity contribution is 7.97. The van der Waals surface area contributed by atoms with Crippen LogP contribution in [0.1, 0.15) is 16.7 Å². The highest BCUT2D eigenvalue weighted by atomic mass is 32.2. The highest BCUT2D eigenvalue weighted by Crippen LogP contribution is 2.35. The van der Waals surface area contributed by atoms with Crippen molar-refractivity contribution in [1.82, 2.24) is 0 Å². The second kappa shape index (κ2) is 12.0. The maximum absolute atomic E-state index is 10.4. The monoisotopic (exact) mass is 596 g/mol. The second-order valence-electron chi connectivity index (χ2n) is 9.78. The molecule has 0 fully saturated rings. The fraction of sp³-hybridized carbons (Fsp3) is 0.0882. The molecule has 206 valence electrons. The molecule has 0 saturated carbocycles. The minimum Gasteiger partial charge on any atom is -0.744 e. The maximum Gasteiger partial charge on any atom is 0.167 e. The van der Waals surface area contributed by atoms with Crippen molar-refractivity contribution in [3.63, 3.8) is 0 Å². The fourth-order valence-electron chi connectivity index (χ4n) is 4.37. The minimum absolute atomic E-state index is 0.178. The molecule has 41 heavy (non-hydrogen) atoms. The third kappa shape index (κ3) is 6.60. The third-order valence-corrected chi connectivity index (χ3v) is 10.1. The Morgan fingerprint density at radius 1 is 0.610 bits per heavy atom. The van der Waals surface area contributed by atoms with Gasteiger partial charge in [-0.3, -0.25) is 0 Å². The van der Waals surface area contributed by atoms with E-state index >= 15 is 0 Å². The van der Waals surface area contributed by atoms with Crippen molar-refractivity contribution in [2.24, 2.45) is 0 Å². The summed E-state index contributed by atoms with van der Waals surface area (Å²) < 4.78 is 38.2. The van der Waals surface area contributed by atoms with Crippen LogP contribution < -0.4 is 0 Å². The number of rotatable bonds is 4. The van der Waals surface area contributed by atoms with Crippen molar-refractivity contribution in [3.8, 4) is 0 Å². The van der Waals surface area contributed by atoms with Gasteiger partial charge < -0.3 is 8.97 Å². The van der Waals surface area contributed by atoms with Crippen LogP contribution in [0.2, 0.25) is 0 Å². The van der Waals surface area contributed by atoms with E-state index in [1.165, 1.54) is 37.9 Å². The molecule has 4 nitrogen and oxygen atoms in total. The summed E-state index contributed by atoms with van der Waals surface area (Å²) in [4.78, 5) is 3.66. The largest absolute Gasteiger partial charge is 0.744 e. The molecule has 1 heterocycles. The summed E-state index contributed by atoms with van der Waals surface area (Å²) in [5, 5.41) is 1.99. The van der Waals surface area contributed by atoms with Crippen molar-refractivity contribution >= 4 is 55.2 Å². The zero-order valence-electron chi connectivity index (χ0n) is 22.8. The van der Waals surface area contributed by atoms with Crippen LogP contribution in [0.5, 0.6) is 0 Å². The van der Waals surface area contributed by atoms with Gasteiger partial charge in [0, 0.05) is 16.8 Å². The topological polar surface area (TPSA) is 70.3 Å². The quantitative estimate of drug-likeness (QED) is 0.0879. The molecule has 0 aliphatic rings. The van der Waals surface area contributed by atoms with Gasteiger partial charge in [-0.1, -0.05) is 77.4 Å². The average molecular weight is 597 g/mol. The van der Waals surface area contributed by atoms with E-state index in [0.29, 0.717) is 0 Å². The van der Waals surface area contributed by atoms with Gasteiger partial charge in [0.05, 0.1) is 20.3 Å². The number of hydrogen-bond donors (Lipinski definition) is 0. The smallest absolute Gasteiger partial charge is 0.167 e. The van der Waals surface area contributed by atoms with Crippen molar-refractivity contribution in [2.75, 3.05) is 0 Å². The summed E-state index contributed by atoms with van der Waals surface area (Å²) in [5.74, 6) is 0. The van der Waals surface area contributed by atoms with E-state index in [4.69, 9.17) is 16.6 Å². The number of aryl methyl sites for hydroxylation is 3. The Hall–Kier alpha value is -3.75. The van der Waals surface area contributed by atoms with Gasteiger partial charge in [-0.25, -0.2) is 8.42 Å². The lowest BCUT2D eigenvalue weighted by Gasteiger charge is -2.10. The first kappa shape index (κ1) is 28.8. The van der Waals surface area contributed by atoms with E-state index in [1.54, 1.807) is 12.1 Å². The predicted octanol–water partition coefficient (Wildman–Crippen LogP) is 8.93. The van der Waals surface area contributed by atoms with E-state index < -0.39 is 10.1 Å². The molecule has 0 amide bonds.